The maximum atomic E-state index is 6.66. The minimum Gasteiger partial charge on any atom is -0.212 e. The summed E-state index contributed by atoms with van der Waals surface area (Å²) < 4.78 is 5.59. The zero-order valence-electron chi connectivity index (χ0n) is 9.01. The molecule has 0 N–H and O–H groups in total. The fourth-order valence-corrected chi connectivity index (χ4v) is 4.11. The van der Waals surface area contributed by atoms with Crippen molar-refractivity contribution in [2.24, 2.45) is 0 Å². The molecule has 0 bridgehead atoms. The molecule has 0 spiro atoms. The fourth-order valence-electron chi connectivity index (χ4n) is 1.60. The second-order valence-electron chi connectivity index (χ2n) is 3.39. The van der Waals surface area contributed by atoms with Crippen LogP contribution in [0.15, 0.2) is 60.7 Å². The van der Waals surface area contributed by atoms with E-state index < -0.39 is 6.84 Å². The van der Waals surface area contributed by atoms with Crippen LogP contribution in [0.2, 0.25) is 0 Å². The Morgan fingerprint density at radius 3 is 1.50 bits per heavy atom. The van der Waals surface area contributed by atoms with Crippen LogP contribution in [0.4, 0.5) is 0 Å². The summed E-state index contributed by atoms with van der Waals surface area (Å²) in [5, 5.41) is 2.09. The molecule has 1 nitrogen and oxygen atoms in total. The first-order valence-corrected chi connectivity index (χ1v) is 7.64. The highest BCUT2D eigenvalue weighted by Crippen LogP contribution is 2.61. The molecule has 0 saturated heterocycles. The normalized spacial score (nSPS) is 11.4. The van der Waals surface area contributed by atoms with E-state index in [0.717, 1.165) is 10.6 Å². The molecule has 0 fully saturated rings. The second kappa shape index (κ2) is 4.97. The first-order chi connectivity index (χ1) is 7.77. The number of benzene rings is 2. The van der Waals surface area contributed by atoms with Gasteiger partial charge in [-0.3, -0.25) is 0 Å². The average Bonchev–Trinajstić information content (AvgIpc) is 2.40. The molecular weight excluding hydrogens is 239 g/mol. The Balaban J connectivity index is 2.49. The van der Waals surface area contributed by atoms with Crippen molar-refractivity contribution in [3.8, 4) is 0 Å². The highest BCUT2D eigenvalue weighted by molar-refractivity contribution is 8.06. The van der Waals surface area contributed by atoms with E-state index >= 15 is 0 Å². The van der Waals surface area contributed by atoms with Crippen LogP contribution in [0.1, 0.15) is 0 Å². The van der Waals surface area contributed by atoms with Gasteiger partial charge < -0.3 is 0 Å². The van der Waals surface area contributed by atoms with Crippen molar-refractivity contribution in [3.05, 3.63) is 60.7 Å². The molecule has 3 heteroatoms. The van der Waals surface area contributed by atoms with Gasteiger partial charge >= 0.3 is 6.84 Å². The molecule has 0 heterocycles. The van der Waals surface area contributed by atoms with Gasteiger partial charge in [-0.15, -0.1) is 0 Å². The third-order valence-electron chi connectivity index (χ3n) is 2.43. The predicted octanol–water partition coefficient (Wildman–Crippen LogP) is 3.37. The van der Waals surface area contributed by atoms with Gasteiger partial charge in [-0.2, -0.15) is 0 Å². The molecule has 0 saturated carbocycles. The summed E-state index contributed by atoms with van der Waals surface area (Å²) in [6.45, 7) is -2.18. The fraction of sp³-hybridized carbons (Fsp3) is 0.0769. The molecule has 0 unspecified atom stereocenters. The lowest BCUT2D eigenvalue weighted by Gasteiger charge is -2.14. The van der Waals surface area contributed by atoms with E-state index in [2.05, 4.69) is 0 Å². The van der Waals surface area contributed by atoms with Crippen LogP contribution in [-0.2, 0) is 4.52 Å². The van der Waals surface area contributed by atoms with Crippen molar-refractivity contribution in [2.75, 3.05) is 7.11 Å². The van der Waals surface area contributed by atoms with Crippen molar-refractivity contribution >= 4 is 28.7 Å². The van der Waals surface area contributed by atoms with E-state index in [1.165, 1.54) is 0 Å². The lowest BCUT2D eigenvalue weighted by molar-refractivity contribution is 0.469. The molecule has 2 aromatic rings. The standard InChI is InChI=1S/C13H13ClOP/c1-15-16(14,12-8-4-2-5-9-12)13-10-6-3-7-11-13/h2-11H,1H3/q+1. The minimum atomic E-state index is -2.18. The zero-order chi connectivity index (χ0) is 11.4. The summed E-state index contributed by atoms with van der Waals surface area (Å²) in [5.74, 6) is 0. The minimum absolute atomic E-state index is 1.05. The number of hydrogen-bond donors (Lipinski definition) is 0. The molecule has 0 aliphatic rings. The van der Waals surface area contributed by atoms with Crippen molar-refractivity contribution in [1.82, 2.24) is 0 Å². The second-order valence-corrected chi connectivity index (χ2v) is 7.28. The Morgan fingerprint density at radius 2 is 1.19 bits per heavy atom. The van der Waals surface area contributed by atoms with Crippen LogP contribution in [-0.4, -0.2) is 7.11 Å². The highest BCUT2D eigenvalue weighted by atomic mass is 35.7. The van der Waals surface area contributed by atoms with Crippen LogP contribution in [0.5, 0.6) is 0 Å². The quantitative estimate of drug-likeness (QED) is 0.760. The summed E-state index contributed by atoms with van der Waals surface area (Å²) in [7, 11) is 1.67. The maximum Gasteiger partial charge on any atom is 0.306 e. The Bertz CT molecular complexity index is 405. The average molecular weight is 252 g/mol. The summed E-state index contributed by atoms with van der Waals surface area (Å²) in [5.41, 5.74) is 0. The molecule has 2 rings (SSSR count). The van der Waals surface area contributed by atoms with Crippen molar-refractivity contribution in [2.45, 2.75) is 0 Å². The van der Waals surface area contributed by atoms with E-state index in [1.54, 1.807) is 7.11 Å². The molecular formula is C13H13ClOP+. The van der Waals surface area contributed by atoms with Crippen molar-refractivity contribution in [1.29, 1.82) is 0 Å². The van der Waals surface area contributed by atoms with Gasteiger partial charge in [-0.1, -0.05) is 36.4 Å². The summed E-state index contributed by atoms with van der Waals surface area (Å²) in [6.07, 6.45) is 0. The SMILES string of the molecule is CO[P+](Cl)(c1ccccc1)c1ccccc1. The molecule has 0 radical (unpaired) electrons. The van der Waals surface area contributed by atoms with E-state index in [1.807, 2.05) is 60.7 Å². The number of rotatable bonds is 3. The molecule has 0 aromatic heterocycles. The van der Waals surface area contributed by atoms with Gasteiger partial charge in [0.2, 0.25) is 0 Å². The largest absolute Gasteiger partial charge is 0.306 e. The van der Waals surface area contributed by atoms with E-state index in [0.29, 0.717) is 0 Å². The number of hydrogen-bond acceptors (Lipinski definition) is 1. The van der Waals surface area contributed by atoms with Crippen LogP contribution in [0.25, 0.3) is 0 Å². The molecule has 82 valence electrons. The monoisotopic (exact) mass is 251 g/mol. The Hall–Kier alpha value is -0.880. The van der Waals surface area contributed by atoms with Gasteiger partial charge in [-0.25, -0.2) is 4.52 Å². The summed E-state index contributed by atoms with van der Waals surface area (Å²) >= 11 is 6.66. The van der Waals surface area contributed by atoms with Crippen LogP contribution in [0, 0.1) is 0 Å². The predicted molar refractivity (Wildman–Crippen MR) is 71.9 cm³/mol. The van der Waals surface area contributed by atoms with Gasteiger partial charge in [0, 0.05) is 0 Å². The molecule has 2 aromatic carbocycles. The number of halogens is 1. The molecule has 0 amide bonds. The third-order valence-corrected chi connectivity index (χ3v) is 6.44. The van der Waals surface area contributed by atoms with Gasteiger partial charge in [-0.05, 0) is 24.3 Å². The maximum absolute atomic E-state index is 6.66. The first kappa shape index (κ1) is 11.6. The van der Waals surface area contributed by atoms with Crippen LogP contribution < -0.4 is 10.6 Å². The van der Waals surface area contributed by atoms with Gasteiger partial charge in [0.15, 0.2) is 0 Å². The van der Waals surface area contributed by atoms with Gasteiger partial charge in [0.25, 0.3) is 0 Å². The lowest BCUT2D eigenvalue weighted by Crippen LogP contribution is -2.18. The van der Waals surface area contributed by atoms with Crippen molar-refractivity contribution in [3.63, 3.8) is 0 Å². The van der Waals surface area contributed by atoms with Gasteiger partial charge in [0.1, 0.15) is 21.8 Å². The van der Waals surface area contributed by atoms with E-state index in [9.17, 15) is 0 Å². The summed E-state index contributed by atoms with van der Waals surface area (Å²) in [4.78, 5) is 0. The molecule has 16 heavy (non-hydrogen) atoms. The van der Waals surface area contributed by atoms with E-state index in [-0.39, 0.29) is 0 Å². The van der Waals surface area contributed by atoms with Gasteiger partial charge in [0.05, 0.1) is 7.11 Å². The third kappa shape index (κ3) is 2.12. The molecule has 0 atom stereocenters. The van der Waals surface area contributed by atoms with Crippen LogP contribution >= 0.6 is 18.1 Å². The van der Waals surface area contributed by atoms with Crippen molar-refractivity contribution < 1.29 is 4.52 Å². The summed E-state index contributed by atoms with van der Waals surface area (Å²) in [6, 6.07) is 19.9. The highest BCUT2D eigenvalue weighted by Gasteiger charge is 2.43. The Kier molecular flexibility index (Phi) is 3.60. The lowest BCUT2D eigenvalue weighted by atomic mass is 10.4. The first-order valence-electron chi connectivity index (χ1n) is 5.03. The Labute approximate surface area is 101 Å². The topological polar surface area (TPSA) is 9.23 Å². The smallest absolute Gasteiger partial charge is 0.212 e. The Morgan fingerprint density at radius 1 is 0.812 bits per heavy atom. The van der Waals surface area contributed by atoms with E-state index in [4.69, 9.17) is 15.8 Å². The molecule has 0 aliphatic heterocycles. The van der Waals surface area contributed by atoms with Crippen LogP contribution in [0.3, 0.4) is 0 Å². The zero-order valence-corrected chi connectivity index (χ0v) is 10.7. The molecule has 0 aliphatic carbocycles.